The first-order valence-corrected chi connectivity index (χ1v) is 19.3. The zero-order chi connectivity index (χ0) is 38.1. The first-order chi connectivity index (χ1) is 24.3. The molecule has 0 amide bonds. The quantitative estimate of drug-likeness (QED) is 0.0950. The number of aliphatic hydroxyl groups excluding tert-OH is 1. The number of methoxy groups -OCH3 is 1. The number of allylic oxidation sites excluding steroid dienone is 6. The molecule has 4 N–H and O–H groups in total. The van der Waals surface area contributed by atoms with Crippen LogP contribution in [0.5, 0.6) is 11.5 Å². The molecule has 0 saturated heterocycles. The van der Waals surface area contributed by atoms with Gasteiger partial charge in [0.1, 0.15) is 17.0 Å². The highest BCUT2D eigenvalue weighted by Crippen LogP contribution is 2.64. The van der Waals surface area contributed by atoms with E-state index < -0.39 is 29.0 Å². The second kappa shape index (κ2) is 13.2. The standard InChI is InChI=1S/C44H59NO7/c1-24-12-10-14-33-41(24,5)18-16-26(3)43(33,7)22-28-20-29(40(51)52-9)39(50)35(36(28)47)45-31-21-32(46)38(49)30(37(31)48)23-44(8)27(4)17-19-42(6)25(2)13-11-15-34(42)44/h12-13,20-21,26-27,33-34,45,47,49-50H,10-11,14-19,22-23H2,1-9H3/t26-,27-,33+,34+,41+,42+,43+,44+/m0/s1. The van der Waals surface area contributed by atoms with Gasteiger partial charge in [-0.1, -0.05) is 64.8 Å². The van der Waals surface area contributed by atoms with Crippen molar-refractivity contribution < 1.29 is 34.4 Å². The number of rotatable bonds is 7. The Morgan fingerprint density at radius 2 is 1.35 bits per heavy atom. The molecule has 5 aliphatic carbocycles. The summed E-state index contributed by atoms with van der Waals surface area (Å²) in [6.07, 6.45) is 14.3. The molecule has 0 unspecified atom stereocenters. The highest BCUT2D eigenvalue weighted by Gasteiger charge is 2.55. The van der Waals surface area contributed by atoms with Crippen molar-refractivity contribution in [3.05, 3.63) is 63.6 Å². The lowest BCUT2D eigenvalue weighted by atomic mass is 9.46. The molecule has 0 bridgehead atoms. The Morgan fingerprint density at radius 3 is 1.87 bits per heavy atom. The minimum Gasteiger partial charge on any atom is -0.505 e. The van der Waals surface area contributed by atoms with Crippen LogP contribution in [0.2, 0.25) is 0 Å². The molecule has 8 heteroatoms. The van der Waals surface area contributed by atoms with Gasteiger partial charge < -0.3 is 25.4 Å². The summed E-state index contributed by atoms with van der Waals surface area (Å²) in [5.74, 6) is -2.38. The molecule has 5 aliphatic rings. The molecule has 0 aromatic heterocycles. The van der Waals surface area contributed by atoms with Crippen LogP contribution in [0.4, 0.5) is 5.69 Å². The van der Waals surface area contributed by atoms with Crippen molar-refractivity contribution in [2.45, 2.75) is 120 Å². The average Bonchev–Trinajstić information content (AvgIpc) is 3.10. The number of Topliss-reactive ketones (excluding diaryl/α,β-unsaturated/α-hetero) is 1. The fourth-order valence-corrected chi connectivity index (χ4v) is 11.5. The Kier molecular flexibility index (Phi) is 9.66. The van der Waals surface area contributed by atoms with Gasteiger partial charge in [-0.25, -0.2) is 4.79 Å². The van der Waals surface area contributed by atoms with E-state index in [4.69, 9.17) is 4.74 Å². The molecule has 8 nitrogen and oxygen atoms in total. The fraction of sp³-hybridized carbons (Fsp3) is 0.614. The van der Waals surface area contributed by atoms with Crippen LogP contribution in [-0.4, -0.2) is 40.0 Å². The lowest BCUT2D eigenvalue weighted by Gasteiger charge is -2.58. The number of carbonyl (C=O) groups excluding carboxylic acids is 3. The van der Waals surface area contributed by atoms with Crippen LogP contribution >= 0.6 is 0 Å². The van der Waals surface area contributed by atoms with Crippen molar-refractivity contribution in [2.75, 3.05) is 12.4 Å². The number of ether oxygens (including phenoxy) is 1. The van der Waals surface area contributed by atoms with E-state index in [1.165, 1.54) is 24.3 Å². The van der Waals surface area contributed by atoms with Crippen LogP contribution < -0.4 is 5.32 Å². The number of aromatic hydroxyl groups is 2. The van der Waals surface area contributed by atoms with Gasteiger partial charge in [0, 0.05) is 11.6 Å². The second-order valence-electron chi connectivity index (χ2n) is 18.0. The first kappa shape index (κ1) is 37.9. The molecular weight excluding hydrogens is 654 g/mol. The number of phenols is 2. The molecule has 0 aliphatic heterocycles. The van der Waals surface area contributed by atoms with Crippen LogP contribution in [0.25, 0.3) is 0 Å². The third-order valence-corrected chi connectivity index (χ3v) is 15.6. The molecule has 8 atom stereocenters. The number of phenolic OH excluding ortho intramolecular Hbond substituents is 2. The van der Waals surface area contributed by atoms with Crippen LogP contribution in [0.1, 0.15) is 129 Å². The normalized spacial score (nSPS) is 36.3. The number of fused-ring (bicyclic) bond motifs is 2. The fourth-order valence-electron chi connectivity index (χ4n) is 11.5. The van der Waals surface area contributed by atoms with E-state index in [-0.39, 0.29) is 68.2 Å². The SMILES string of the molecule is COC(=O)c1cc(C[C@]2(C)[C@@H](C)CC[C@]3(C)C(C)=CCC[C@@H]23)c(O)c(NC2=CC(=O)C(O)=C(C[C@]3(C)[C@@H](C)CC[C@]4(C)C(C)=CCC[C@@H]34)C2=O)c1O. The zero-order valence-electron chi connectivity index (χ0n) is 32.7. The summed E-state index contributed by atoms with van der Waals surface area (Å²) in [6.45, 7) is 18.0. The van der Waals surface area contributed by atoms with E-state index in [1.54, 1.807) is 0 Å². The molecule has 282 valence electrons. The summed E-state index contributed by atoms with van der Waals surface area (Å²) in [5, 5.41) is 37.5. The lowest BCUT2D eigenvalue weighted by Crippen LogP contribution is -2.50. The van der Waals surface area contributed by atoms with Crippen molar-refractivity contribution in [2.24, 2.45) is 45.3 Å². The number of benzene rings is 1. The number of hydrogen-bond acceptors (Lipinski definition) is 8. The molecule has 0 heterocycles. The largest absolute Gasteiger partial charge is 0.505 e. The number of carbonyl (C=O) groups is 3. The van der Waals surface area contributed by atoms with Crippen LogP contribution in [0.3, 0.4) is 0 Å². The minimum atomic E-state index is -0.790. The molecule has 2 fully saturated rings. The molecule has 1 aromatic carbocycles. The van der Waals surface area contributed by atoms with Crippen molar-refractivity contribution in [1.29, 1.82) is 0 Å². The molecule has 0 spiro atoms. The van der Waals surface area contributed by atoms with Gasteiger partial charge in [0.05, 0.1) is 12.8 Å². The number of hydrogen-bond donors (Lipinski definition) is 4. The summed E-state index contributed by atoms with van der Waals surface area (Å²) < 4.78 is 5.05. The van der Waals surface area contributed by atoms with E-state index in [0.717, 1.165) is 57.4 Å². The molecule has 52 heavy (non-hydrogen) atoms. The van der Waals surface area contributed by atoms with Gasteiger partial charge >= 0.3 is 5.97 Å². The monoisotopic (exact) mass is 713 g/mol. The predicted molar refractivity (Wildman–Crippen MR) is 203 cm³/mol. The van der Waals surface area contributed by atoms with E-state index in [2.05, 4.69) is 72.9 Å². The predicted octanol–water partition coefficient (Wildman–Crippen LogP) is 9.67. The van der Waals surface area contributed by atoms with Crippen LogP contribution in [0.15, 0.2) is 52.5 Å². The maximum Gasteiger partial charge on any atom is 0.341 e. The molecule has 2 saturated carbocycles. The van der Waals surface area contributed by atoms with Gasteiger partial charge in [-0.15, -0.1) is 0 Å². The van der Waals surface area contributed by atoms with E-state index >= 15 is 0 Å². The van der Waals surface area contributed by atoms with Gasteiger partial charge in [0.15, 0.2) is 11.5 Å². The van der Waals surface area contributed by atoms with E-state index in [0.29, 0.717) is 23.8 Å². The number of aliphatic hydroxyl groups is 1. The topological polar surface area (TPSA) is 133 Å². The van der Waals surface area contributed by atoms with Crippen LogP contribution in [-0.2, 0) is 20.7 Å². The van der Waals surface area contributed by atoms with E-state index in [1.807, 2.05) is 0 Å². The third-order valence-electron chi connectivity index (χ3n) is 15.6. The highest BCUT2D eigenvalue weighted by molar-refractivity contribution is 6.23. The molecular formula is C44H59NO7. The van der Waals surface area contributed by atoms with Gasteiger partial charge in [0.2, 0.25) is 11.6 Å². The average molecular weight is 714 g/mol. The van der Waals surface area contributed by atoms with Crippen molar-refractivity contribution in [1.82, 2.24) is 0 Å². The Balaban J connectivity index is 1.37. The number of nitrogens with one attached hydrogen (secondary N) is 1. The lowest BCUT2D eigenvalue weighted by molar-refractivity contribution is -0.118. The second-order valence-corrected chi connectivity index (χ2v) is 18.0. The Morgan fingerprint density at radius 1 is 0.827 bits per heavy atom. The third kappa shape index (κ3) is 5.74. The highest BCUT2D eigenvalue weighted by atomic mass is 16.5. The maximum atomic E-state index is 14.4. The van der Waals surface area contributed by atoms with Crippen molar-refractivity contribution >= 4 is 23.2 Å². The summed E-state index contributed by atoms with van der Waals surface area (Å²) in [4.78, 5) is 40.8. The summed E-state index contributed by atoms with van der Waals surface area (Å²) in [7, 11) is 1.22. The van der Waals surface area contributed by atoms with E-state index in [9.17, 15) is 29.7 Å². The first-order valence-electron chi connectivity index (χ1n) is 19.3. The van der Waals surface area contributed by atoms with Gasteiger partial charge in [0.25, 0.3) is 0 Å². The Hall–Kier alpha value is -3.81. The maximum absolute atomic E-state index is 14.4. The minimum absolute atomic E-state index is 0.0131. The van der Waals surface area contributed by atoms with Gasteiger partial charge in [-0.05, 0) is 135 Å². The smallest absolute Gasteiger partial charge is 0.341 e. The summed E-state index contributed by atoms with van der Waals surface area (Å²) in [6, 6.07) is 1.50. The number of esters is 1. The van der Waals surface area contributed by atoms with Gasteiger partial charge in [-0.3, -0.25) is 9.59 Å². The Labute approximate surface area is 309 Å². The van der Waals surface area contributed by atoms with Crippen molar-refractivity contribution in [3.63, 3.8) is 0 Å². The van der Waals surface area contributed by atoms with Crippen molar-refractivity contribution in [3.8, 4) is 11.5 Å². The summed E-state index contributed by atoms with van der Waals surface area (Å²) in [5.41, 5.74) is 2.02. The summed E-state index contributed by atoms with van der Waals surface area (Å²) >= 11 is 0. The zero-order valence-corrected chi connectivity index (χ0v) is 32.7. The molecule has 6 rings (SSSR count). The van der Waals surface area contributed by atoms with Gasteiger partial charge in [-0.2, -0.15) is 0 Å². The molecule has 1 aromatic rings. The van der Waals surface area contributed by atoms with Crippen LogP contribution in [0, 0.1) is 45.3 Å². The number of anilines is 1. The molecule has 0 radical (unpaired) electrons. The Bertz CT molecular complexity index is 1830. The number of ketones is 2.